The summed E-state index contributed by atoms with van der Waals surface area (Å²) >= 11 is 0. The molecule has 0 bridgehead atoms. The zero-order chi connectivity index (χ0) is 39.3. The van der Waals surface area contributed by atoms with Crippen LogP contribution in [-0.4, -0.2) is 19.5 Å². The van der Waals surface area contributed by atoms with Crippen LogP contribution >= 0.6 is 0 Å². The van der Waals surface area contributed by atoms with Gasteiger partial charge in [0.05, 0.1) is 11.0 Å². The van der Waals surface area contributed by atoms with Crippen molar-refractivity contribution >= 4 is 86.8 Å². The van der Waals surface area contributed by atoms with Gasteiger partial charge in [0.25, 0.3) is 0 Å². The SMILES string of the molecule is c1ccc(-c2ccc3ccccc3c2-c2nc(-c3ccc4oc5cc6ccccc6cc5c4c3)nc(-n3c4cc5ccccc5cc4c4c5ccccc5ccc43)n2)cc1. The molecule has 3 aromatic heterocycles. The Hall–Kier alpha value is -8.15. The fraction of sp³-hybridized carbons (Fsp3) is 0. The van der Waals surface area contributed by atoms with Gasteiger partial charge >= 0.3 is 0 Å². The van der Waals surface area contributed by atoms with Crippen molar-refractivity contribution in [3.8, 4) is 39.9 Å². The Balaban J connectivity index is 1.15. The minimum atomic E-state index is 0.552. The normalized spacial score (nSPS) is 12.0. The van der Waals surface area contributed by atoms with Crippen LogP contribution in [-0.2, 0) is 0 Å². The van der Waals surface area contributed by atoms with Gasteiger partial charge in [-0.25, -0.2) is 4.98 Å². The van der Waals surface area contributed by atoms with E-state index in [2.05, 4.69) is 193 Å². The molecule has 0 aliphatic rings. The lowest BCUT2D eigenvalue weighted by Crippen LogP contribution is -2.07. The van der Waals surface area contributed by atoms with Crippen molar-refractivity contribution < 1.29 is 4.42 Å². The predicted molar refractivity (Wildman–Crippen MR) is 248 cm³/mol. The van der Waals surface area contributed by atoms with Crippen molar-refractivity contribution in [1.29, 1.82) is 0 Å². The van der Waals surface area contributed by atoms with Gasteiger partial charge in [-0.05, 0) is 103 Å². The van der Waals surface area contributed by atoms with Crippen LogP contribution in [0.1, 0.15) is 0 Å². The van der Waals surface area contributed by atoms with E-state index in [1.807, 2.05) is 6.07 Å². The molecule has 0 amide bonds. The van der Waals surface area contributed by atoms with E-state index in [0.29, 0.717) is 17.6 Å². The molecule has 0 aliphatic heterocycles. The summed E-state index contributed by atoms with van der Waals surface area (Å²) in [5.41, 5.74) is 7.73. The largest absolute Gasteiger partial charge is 0.456 e. The van der Waals surface area contributed by atoms with Gasteiger partial charge in [0, 0.05) is 32.7 Å². The molecule has 0 spiro atoms. The Labute approximate surface area is 343 Å². The number of aromatic nitrogens is 4. The van der Waals surface area contributed by atoms with E-state index in [1.54, 1.807) is 0 Å². The minimum absolute atomic E-state index is 0.552. The average molecular weight is 765 g/mol. The monoisotopic (exact) mass is 764 g/mol. The summed E-state index contributed by atoms with van der Waals surface area (Å²) in [5, 5.41) is 13.6. The lowest BCUT2D eigenvalue weighted by atomic mass is 9.93. The van der Waals surface area contributed by atoms with Crippen molar-refractivity contribution in [1.82, 2.24) is 19.5 Å². The number of benzene rings is 10. The second kappa shape index (κ2) is 12.7. The van der Waals surface area contributed by atoms with E-state index in [1.165, 1.54) is 26.9 Å². The predicted octanol–water partition coefficient (Wildman–Crippen LogP) is 14.5. The lowest BCUT2D eigenvalue weighted by Gasteiger charge is -2.15. The Morgan fingerprint density at radius 1 is 0.350 bits per heavy atom. The van der Waals surface area contributed by atoms with Gasteiger partial charge in [-0.3, -0.25) is 4.57 Å². The molecule has 0 atom stereocenters. The molecule has 13 aromatic rings. The van der Waals surface area contributed by atoms with Crippen molar-refractivity contribution in [3.05, 3.63) is 194 Å². The highest BCUT2D eigenvalue weighted by Gasteiger charge is 2.23. The van der Waals surface area contributed by atoms with Gasteiger partial charge in [0.15, 0.2) is 11.6 Å². The first-order valence-corrected chi connectivity index (χ1v) is 20.3. The third-order valence-corrected chi connectivity index (χ3v) is 12.2. The zero-order valence-electron chi connectivity index (χ0n) is 32.2. The van der Waals surface area contributed by atoms with Crippen LogP contribution in [0.25, 0.3) is 127 Å². The van der Waals surface area contributed by atoms with Gasteiger partial charge in [0.1, 0.15) is 11.2 Å². The van der Waals surface area contributed by atoms with Crippen LogP contribution < -0.4 is 0 Å². The molecule has 5 heteroatoms. The molecule has 278 valence electrons. The molecular weight excluding hydrogens is 733 g/mol. The number of nitrogens with zero attached hydrogens (tertiary/aromatic N) is 4. The summed E-state index contributed by atoms with van der Waals surface area (Å²) in [7, 11) is 0. The third kappa shape index (κ3) is 4.96. The maximum Gasteiger partial charge on any atom is 0.238 e. The van der Waals surface area contributed by atoms with Gasteiger partial charge in [0.2, 0.25) is 5.95 Å². The molecule has 0 aliphatic carbocycles. The van der Waals surface area contributed by atoms with Crippen LogP contribution in [0.15, 0.2) is 199 Å². The number of furan rings is 1. The van der Waals surface area contributed by atoms with E-state index in [0.717, 1.165) is 82.2 Å². The zero-order valence-corrected chi connectivity index (χ0v) is 32.2. The lowest BCUT2D eigenvalue weighted by molar-refractivity contribution is 0.669. The third-order valence-electron chi connectivity index (χ3n) is 12.2. The molecule has 13 rings (SSSR count). The van der Waals surface area contributed by atoms with Gasteiger partial charge in [-0.15, -0.1) is 0 Å². The number of hydrogen-bond acceptors (Lipinski definition) is 4. The summed E-state index contributed by atoms with van der Waals surface area (Å²) in [5.74, 6) is 1.73. The molecule has 5 nitrogen and oxygen atoms in total. The van der Waals surface area contributed by atoms with E-state index in [-0.39, 0.29) is 0 Å². The first-order valence-electron chi connectivity index (χ1n) is 20.3. The Morgan fingerprint density at radius 3 is 1.73 bits per heavy atom. The van der Waals surface area contributed by atoms with Crippen LogP contribution in [0.2, 0.25) is 0 Å². The molecule has 60 heavy (non-hydrogen) atoms. The molecular formula is C55H32N4O. The molecule has 0 unspecified atom stereocenters. The van der Waals surface area contributed by atoms with E-state index in [4.69, 9.17) is 19.4 Å². The summed E-state index contributed by atoms with van der Waals surface area (Å²) in [6.07, 6.45) is 0. The van der Waals surface area contributed by atoms with Crippen molar-refractivity contribution in [2.75, 3.05) is 0 Å². The molecule has 10 aromatic carbocycles. The topological polar surface area (TPSA) is 56.7 Å². The summed E-state index contributed by atoms with van der Waals surface area (Å²) in [4.78, 5) is 16.4. The Kier molecular flexibility index (Phi) is 6.95. The summed E-state index contributed by atoms with van der Waals surface area (Å²) < 4.78 is 8.69. The van der Waals surface area contributed by atoms with E-state index < -0.39 is 0 Å². The summed E-state index contributed by atoms with van der Waals surface area (Å²) in [6.45, 7) is 0. The fourth-order valence-electron chi connectivity index (χ4n) is 9.37. The van der Waals surface area contributed by atoms with Crippen molar-refractivity contribution in [2.24, 2.45) is 0 Å². The first kappa shape index (κ1) is 32.9. The first-order chi connectivity index (χ1) is 29.7. The van der Waals surface area contributed by atoms with Crippen LogP contribution in [0.3, 0.4) is 0 Å². The minimum Gasteiger partial charge on any atom is -0.456 e. The van der Waals surface area contributed by atoms with Crippen LogP contribution in [0.4, 0.5) is 0 Å². The molecule has 3 heterocycles. The van der Waals surface area contributed by atoms with Crippen molar-refractivity contribution in [2.45, 2.75) is 0 Å². The second-order valence-corrected chi connectivity index (χ2v) is 15.6. The Morgan fingerprint density at radius 2 is 0.950 bits per heavy atom. The number of hydrogen-bond donors (Lipinski definition) is 0. The molecule has 0 radical (unpaired) electrons. The highest BCUT2D eigenvalue weighted by molar-refractivity contribution is 6.23. The standard InChI is InChI=1S/C55H32N4O/c1-2-12-33(13-3-1)43-25-22-34-14-9-11-21-42(34)52(43)54-56-53(40-24-27-49-44(30-40)45-28-36-16-5-7-19-39(36)32-50(45)60-49)57-55(58-54)59-47-26-23-35-15-8-10-20-41(35)51(47)46-29-37-17-4-6-18-38(37)31-48(46)59/h1-32H. The maximum absolute atomic E-state index is 6.45. The van der Waals surface area contributed by atoms with Crippen molar-refractivity contribution in [3.63, 3.8) is 0 Å². The van der Waals surface area contributed by atoms with E-state index in [9.17, 15) is 0 Å². The summed E-state index contributed by atoms with van der Waals surface area (Å²) in [6, 6.07) is 68.7. The maximum atomic E-state index is 6.45. The second-order valence-electron chi connectivity index (χ2n) is 15.6. The highest BCUT2D eigenvalue weighted by Crippen LogP contribution is 2.42. The van der Waals surface area contributed by atoms with E-state index >= 15 is 0 Å². The van der Waals surface area contributed by atoms with Gasteiger partial charge in [-0.2, -0.15) is 9.97 Å². The fourth-order valence-corrected chi connectivity index (χ4v) is 9.37. The smallest absolute Gasteiger partial charge is 0.238 e. The molecule has 0 fully saturated rings. The Bertz CT molecular complexity index is 3900. The number of rotatable bonds is 4. The highest BCUT2D eigenvalue weighted by atomic mass is 16.3. The average Bonchev–Trinajstić information content (AvgIpc) is 3.83. The molecule has 0 saturated heterocycles. The van der Waals surface area contributed by atoms with Gasteiger partial charge in [-0.1, -0.05) is 146 Å². The quantitative estimate of drug-likeness (QED) is 0.179. The van der Waals surface area contributed by atoms with Crippen LogP contribution in [0, 0.1) is 0 Å². The van der Waals surface area contributed by atoms with Crippen LogP contribution in [0.5, 0.6) is 0 Å². The number of fused-ring (bicyclic) bond motifs is 11. The molecule has 0 N–H and O–H groups in total. The van der Waals surface area contributed by atoms with Gasteiger partial charge < -0.3 is 4.42 Å². The molecule has 0 saturated carbocycles.